The van der Waals surface area contributed by atoms with Crippen LogP contribution in [-0.2, 0) is 11.3 Å². The SMILES string of the molecule is CCOC1CCN(CCNCc2ccc(C)s2)CC1. The fraction of sp³-hybridized carbons (Fsp3) is 0.733. The van der Waals surface area contributed by atoms with E-state index in [2.05, 4.69) is 36.2 Å². The maximum absolute atomic E-state index is 5.68. The molecule has 0 unspecified atom stereocenters. The van der Waals surface area contributed by atoms with Crippen molar-refractivity contribution in [2.75, 3.05) is 32.8 Å². The highest BCUT2D eigenvalue weighted by Crippen LogP contribution is 2.15. The lowest BCUT2D eigenvalue weighted by Gasteiger charge is -2.31. The molecule has 108 valence electrons. The summed E-state index contributed by atoms with van der Waals surface area (Å²) in [6.07, 6.45) is 2.89. The fourth-order valence-corrected chi connectivity index (χ4v) is 3.42. The molecular weight excluding hydrogens is 256 g/mol. The van der Waals surface area contributed by atoms with Crippen LogP contribution in [0.25, 0.3) is 0 Å². The molecule has 0 atom stereocenters. The molecule has 1 aromatic rings. The van der Waals surface area contributed by atoms with Gasteiger partial charge in [-0.15, -0.1) is 11.3 Å². The molecular formula is C15H26N2OS. The van der Waals surface area contributed by atoms with E-state index in [0.29, 0.717) is 6.10 Å². The van der Waals surface area contributed by atoms with Crippen LogP contribution in [0.4, 0.5) is 0 Å². The minimum absolute atomic E-state index is 0.503. The summed E-state index contributed by atoms with van der Waals surface area (Å²) >= 11 is 1.89. The highest BCUT2D eigenvalue weighted by atomic mass is 32.1. The second-order valence-corrected chi connectivity index (χ2v) is 6.56. The molecule has 0 bridgehead atoms. The molecule has 1 aliphatic heterocycles. The third kappa shape index (κ3) is 5.22. The van der Waals surface area contributed by atoms with E-state index in [1.54, 1.807) is 0 Å². The van der Waals surface area contributed by atoms with Gasteiger partial charge in [0.2, 0.25) is 0 Å². The van der Waals surface area contributed by atoms with E-state index in [-0.39, 0.29) is 0 Å². The first kappa shape index (κ1) is 15.0. The quantitative estimate of drug-likeness (QED) is 0.778. The van der Waals surface area contributed by atoms with Crippen LogP contribution in [0.3, 0.4) is 0 Å². The number of ether oxygens (including phenoxy) is 1. The van der Waals surface area contributed by atoms with E-state index in [1.807, 2.05) is 11.3 Å². The average molecular weight is 282 g/mol. The van der Waals surface area contributed by atoms with Crippen molar-refractivity contribution in [2.24, 2.45) is 0 Å². The fourth-order valence-electron chi connectivity index (χ4n) is 2.56. The van der Waals surface area contributed by atoms with Gasteiger partial charge in [0.15, 0.2) is 0 Å². The van der Waals surface area contributed by atoms with Gasteiger partial charge in [-0.3, -0.25) is 0 Å². The molecule has 1 fully saturated rings. The third-order valence-corrected chi connectivity index (χ3v) is 4.64. The zero-order valence-corrected chi connectivity index (χ0v) is 13.0. The lowest BCUT2D eigenvalue weighted by Crippen LogP contribution is -2.40. The van der Waals surface area contributed by atoms with E-state index in [0.717, 1.165) is 26.2 Å². The average Bonchev–Trinajstić information content (AvgIpc) is 2.83. The molecule has 0 aliphatic carbocycles. The van der Waals surface area contributed by atoms with Crippen LogP contribution in [-0.4, -0.2) is 43.8 Å². The van der Waals surface area contributed by atoms with Gasteiger partial charge in [0.1, 0.15) is 0 Å². The van der Waals surface area contributed by atoms with Gasteiger partial charge in [-0.05, 0) is 38.8 Å². The molecule has 1 N–H and O–H groups in total. The van der Waals surface area contributed by atoms with Crippen molar-refractivity contribution in [3.63, 3.8) is 0 Å². The molecule has 2 rings (SSSR count). The summed E-state index contributed by atoms with van der Waals surface area (Å²) in [5.74, 6) is 0. The molecule has 0 spiro atoms. The summed E-state index contributed by atoms with van der Waals surface area (Å²) in [6, 6.07) is 4.42. The number of nitrogens with one attached hydrogen (secondary N) is 1. The summed E-state index contributed by atoms with van der Waals surface area (Å²) in [7, 11) is 0. The van der Waals surface area contributed by atoms with Crippen LogP contribution in [0.15, 0.2) is 12.1 Å². The minimum Gasteiger partial charge on any atom is -0.378 e. The van der Waals surface area contributed by atoms with Crippen molar-refractivity contribution in [2.45, 2.75) is 39.3 Å². The maximum Gasteiger partial charge on any atom is 0.0599 e. The van der Waals surface area contributed by atoms with Crippen LogP contribution in [0, 0.1) is 6.92 Å². The van der Waals surface area contributed by atoms with Crippen LogP contribution >= 0.6 is 11.3 Å². The first-order chi connectivity index (χ1) is 9.28. The normalized spacial score (nSPS) is 18.0. The van der Waals surface area contributed by atoms with Gasteiger partial charge in [0, 0.05) is 49.1 Å². The number of hydrogen-bond donors (Lipinski definition) is 1. The monoisotopic (exact) mass is 282 g/mol. The maximum atomic E-state index is 5.68. The highest BCUT2D eigenvalue weighted by Gasteiger charge is 2.18. The molecule has 1 saturated heterocycles. The van der Waals surface area contributed by atoms with Crippen LogP contribution < -0.4 is 5.32 Å². The van der Waals surface area contributed by atoms with Gasteiger partial charge in [-0.25, -0.2) is 0 Å². The van der Waals surface area contributed by atoms with Crippen molar-refractivity contribution >= 4 is 11.3 Å². The lowest BCUT2D eigenvalue weighted by molar-refractivity contribution is 0.0145. The van der Waals surface area contributed by atoms with E-state index in [9.17, 15) is 0 Å². The van der Waals surface area contributed by atoms with Crippen LogP contribution in [0.2, 0.25) is 0 Å². The van der Waals surface area contributed by atoms with Gasteiger partial charge in [0.25, 0.3) is 0 Å². The molecule has 0 amide bonds. The minimum atomic E-state index is 0.503. The molecule has 1 aromatic heterocycles. The van der Waals surface area contributed by atoms with E-state index < -0.39 is 0 Å². The molecule has 19 heavy (non-hydrogen) atoms. The molecule has 4 heteroatoms. The topological polar surface area (TPSA) is 24.5 Å². The van der Waals surface area contributed by atoms with Crippen molar-refractivity contribution in [3.05, 3.63) is 21.9 Å². The van der Waals surface area contributed by atoms with Crippen LogP contribution in [0.1, 0.15) is 29.5 Å². The van der Waals surface area contributed by atoms with Crippen molar-refractivity contribution in [3.8, 4) is 0 Å². The Balaban J connectivity index is 1.54. The zero-order valence-electron chi connectivity index (χ0n) is 12.2. The lowest BCUT2D eigenvalue weighted by atomic mass is 10.1. The van der Waals surface area contributed by atoms with E-state index in [1.165, 1.54) is 35.7 Å². The zero-order chi connectivity index (χ0) is 13.5. The summed E-state index contributed by atoms with van der Waals surface area (Å²) in [4.78, 5) is 5.38. The number of aryl methyl sites for hydroxylation is 1. The molecule has 2 heterocycles. The van der Waals surface area contributed by atoms with Gasteiger partial charge in [-0.1, -0.05) is 0 Å². The number of thiophene rings is 1. The van der Waals surface area contributed by atoms with E-state index in [4.69, 9.17) is 4.74 Å². The number of hydrogen-bond acceptors (Lipinski definition) is 4. The first-order valence-corrected chi connectivity index (χ1v) is 8.19. The Morgan fingerprint density at radius 2 is 2.16 bits per heavy atom. The Kier molecular flexibility index (Phi) is 6.31. The van der Waals surface area contributed by atoms with Gasteiger partial charge >= 0.3 is 0 Å². The molecule has 3 nitrogen and oxygen atoms in total. The van der Waals surface area contributed by atoms with Crippen molar-refractivity contribution < 1.29 is 4.74 Å². The predicted molar refractivity (Wildman–Crippen MR) is 81.9 cm³/mol. The van der Waals surface area contributed by atoms with Gasteiger partial charge in [-0.2, -0.15) is 0 Å². The first-order valence-electron chi connectivity index (χ1n) is 7.38. The number of rotatable bonds is 7. The summed E-state index contributed by atoms with van der Waals surface area (Å²) in [5.41, 5.74) is 0. The Morgan fingerprint density at radius 1 is 1.37 bits per heavy atom. The molecule has 1 aliphatic rings. The number of likely N-dealkylation sites (tertiary alicyclic amines) is 1. The Hall–Kier alpha value is -0.420. The van der Waals surface area contributed by atoms with Crippen LogP contribution in [0.5, 0.6) is 0 Å². The van der Waals surface area contributed by atoms with Gasteiger partial charge < -0.3 is 15.0 Å². The second kappa shape index (κ2) is 8.00. The molecule has 0 saturated carbocycles. The second-order valence-electron chi connectivity index (χ2n) is 5.19. The Labute approximate surface area is 121 Å². The Morgan fingerprint density at radius 3 is 2.79 bits per heavy atom. The van der Waals surface area contributed by atoms with Crippen molar-refractivity contribution in [1.29, 1.82) is 0 Å². The van der Waals surface area contributed by atoms with Crippen molar-refractivity contribution in [1.82, 2.24) is 10.2 Å². The van der Waals surface area contributed by atoms with Gasteiger partial charge in [0.05, 0.1) is 6.10 Å². The largest absolute Gasteiger partial charge is 0.378 e. The summed E-state index contributed by atoms with van der Waals surface area (Å²) in [5, 5.41) is 3.54. The number of nitrogens with zero attached hydrogens (tertiary/aromatic N) is 1. The van der Waals surface area contributed by atoms with E-state index >= 15 is 0 Å². The summed E-state index contributed by atoms with van der Waals surface area (Å²) in [6.45, 7) is 10.7. The third-order valence-electron chi connectivity index (χ3n) is 3.64. The smallest absolute Gasteiger partial charge is 0.0599 e. The standard InChI is InChI=1S/C15H26N2OS/c1-3-18-14-6-9-17(10-7-14)11-8-16-12-15-5-4-13(2)19-15/h4-5,14,16H,3,6-12H2,1-2H3. The Bertz CT molecular complexity index is 359. The summed E-state index contributed by atoms with van der Waals surface area (Å²) < 4.78 is 5.68. The highest BCUT2D eigenvalue weighted by molar-refractivity contribution is 7.11. The molecule has 0 radical (unpaired) electrons. The predicted octanol–water partition coefficient (Wildman–Crippen LogP) is 2.65. The number of piperidine rings is 1. The molecule has 0 aromatic carbocycles.